The number of thiophene rings is 1. The fourth-order valence-electron chi connectivity index (χ4n) is 2.88. The molecule has 0 bridgehead atoms. The fourth-order valence-corrected chi connectivity index (χ4v) is 3.98. The predicted molar refractivity (Wildman–Crippen MR) is 113 cm³/mol. The smallest absolute Gasteiger partial charge is 0.346 e. The third kappa shape index (κ3) is 4.89. The topological polar surface area (TPSA) is 89.7 Å². The highest BCUT2D eigenvalue weighted by molar-refractivity contribution is 7.15. The van der Waals surface area contributed by atoms with Crippen LogP contribution >= 0.6 is 11.3 Å². The molecule has 0 fully saturated rings. The van der Waals surface area contributed by atoms with Gasteiger partial charge in [-0.15, -0.1) is 11.3 Å². The molecule has 29 heavy (non-hydrogen) atoms. The maximum atomic E-state index is 11.5. The molecule has 0 atom stereocenters. The number of nitrogens with zero attached hydrogens (tertiary/aromatic N) is 1. The summed E-state index contributed by atoms with van der Waals surface area (Å²) >= 11 is 0.923. The van der Waals surface area contributed by atoms with Crippen LogP contribution in [0.2, 0.25) is 0 Å². The average molecular weight is 409 g/mol. The van der Waals surface area contributed by atoms with Gasteiger partial charge in [0.15, 0.2) is 0 Å². The van der Waals surface area contributed by atoms with Gasteiger partial charge in [0.05, 0.1) is 10.5 Å². The summed E-state index contributed by atoms with van der Waals surface area (Å²) in [4.78, 5) is 22.7. The molecule has 148 valence electrons. The summed E-state index contributed by atoms with van der Waals surface area (Å²) in [6.07, 6.45) is 3.61. The highest BCUT2D eigenvalue weighted by atomic mass is 32.1. The lowest BCUT2D eigenvalue weighted by atomic mass is 10.1. The molecule has 3 aromatic rings. The molecule has 3 rings (SSSR count). The second-order valence-electron chi connectivity index (χ2n) is 6.22. The van der Waals surface area contributed by atoms with Crippen LogP contribution in [-0.2, 0) is 13.0 Å². The van der Waals surface area contributed by atoms with E-state index in [0.717, 1.165) is 28.2 Å². The van der Waals surface area contributed by atoms with Gasteiger partial charge in [0.25, 0.3) is 5.69 Å². The van der Waals surface area contributed by atoms with Gasteiger partial charge in [0.1, 0.15) is 22.1 Å². The van der Waals surface area contributed by atoms with Crippen molar-refractivity contribution in [3.63, 3.8) is 0 Å². The SMILES string of the molecule is CCc1c(C(=O)O)sc(C=Cc2ccc(OCc3ccccc3)cc2)c1[N+](=O)[O-]. The van der Waals surface area contributed by atoms with Crippen LogP contribution in [0.15, 0.2) is 54.6 Å². The van der Waals surface area contributed by atoms with Crippen molar-refractivity contribution in [1.29, 1.82) is 0 Å². The number of carbonyl (C=O) groups is 1. The first-order chi connectivity index (χ1) is 14.0. The average Bonchev–Trinajstić information content (AvgIpc) is 3.11. The number of nitro groups is 1. The Kier molecular flexibility index (Phi) is 6.41. The molecule has 0 saturated carbocycles. The molecule has 1 N–H and O–H groups in total. The fraction of sp³-hybridized carbons (Fsp3) is 0.136. The molecule has 6 nitrogen and oxygen atoms in total. The van der Waals surface area contributed by atoms with E-state index in [0.29, 0.717) is 11.5 Å². The molecule has 0 aliphatic carbocycles. The first-order valence-electron chi connectivity index (χ1n) is 8.97. The first kappa shape index (κ1) is 20.3. The summed E-state index contributed by atoms with van der Waals surface area (Å²) in [5.74, 6) is -0.427. The molecule has 7 heteroatoms. The maximum Gasteiger partial charge on any atom is 0.346 e. The van der Waals surface area contributed by atoms with Crippen molar-refractivity contribution in [2.75, 3.05) is 0 Å². The summed E-state index contributed by atoms with van der Waals surface area (Å²) in [5, 5.41) is 20.8. The van der Waals surface area contributed by atoms with Crippen LogP contribution in [0.5, 0.6) is 5.75 Å². The summed E-state index contributed by atoms with van der Waals surface area (Å²) in [6, 6.07) is 17.2. The molecule has 0 saturated heterocycles. The number of carboxylic acids is 1. The Bertz CT molecular complexity index is 1040. The lowest BCUT2D eigenvalue weighted by molar-refractivity contribution is -0.385. The van der Waals surface area contributed by atoms with E-state index in [1.807, 2.05) is 54.6 Å². The Morgan fingerprint density at radius 2 is 1.83 bits per heavy atom. The van der Waals surface area contributed by atoms with Gasteiger partial charge in [-0.3, -0.25) is 10.1 Å². The molecule has 2 aromatic carbocycles. The van der Waals surface area contributed by atoms with Crippen LogP contribution in [-0.4, -0.2) is 16.0 Å². The summed E-state index contributed by atoms with van der Waals surface area (Å²) < 4.78 is 5.74. The summed E-state index contributed by atoms with van der Waals surface area (Å²) in [5.41, 5.74) is 2.03. The summed E-state index contributed by atoms with van der Waals surface area (Å²) in [7, 11) is 0. The van der Waals surface area contributed by atoms with Gasteiger partial charge in [-0.2, -0.15) is 0 Å². The highest BCUT2D eigenvalue weighted by Gasteiger charge is 2.28. The second kappa shape index (κ2) is 9.16. The zero-order valence-electron chi connectivity index (χ0n) is 15.7. The number of aromatic carboxylic acids is 1. The van der Waals surface area contributed by atoms with Gasteiger partial charge in [-0.1, -0.05) is 55.5 Å². The minimum atomic E-state index is -1.14. The van der Waals surface area contributed by atoms with E-state index in [1.54, 1.807) is 19.1 Å². The molecule has 0 unspecified atom stereocenters. The van der Waals surface area contributed by atoms with Gasteiger partial charge in [-0.05, 0) is 35.8 Å². The Labute approximate surface area is 171 Å². The van der Waals surface area contributed by atoms with Gasteiger partial charge in [0.2, 0.25) is 0 Å². The van der Waals surface area contributed by atoms with Crippen molar-refractivity contribution >= 4 is 35.1 Å². The quantitative estimate of drug-likeness (QED) is 0.383. The Morgan fingerprint density at radius 3 is 2.41 bits per heavy atom. The van der Waals surface area contributed by atoms with Crippen molar-refractivity contribution in [3.05, 3.63) is 91.2 Å². The Balaban J connectivity index is 1.76. The van der Waals surface area contributed by atoms with Crippen LogP contribution in [0.3, 0.4) is 0 Å². The zero-order chi connectivity index (χ0) is 20.8. The van der Waals surface area contributed by atoms with Crippen molar-refractivity contribution in [3.8, 4) is 5.75 Å². The highest BCUT2D eigenvalue weighted by Crippen LogP contribution is 2.37. The number of rotatable bonds is 8. The molecule has 0 amide bonds. The molecule has 1 aromatic heterocycles. The number of hydrogen-bond donors (Lipinski definition) is 1. The zero-order valence-corrected chi connectivity index (χ0v) is 16.5. The van der Waals surface area contributed by atoms with E-state index in [9.17, 15) is 20.0 Å². The van der Waals surface area contributed by atoms with Gasteiger partial charge < -0.3 is 9.84 Å². The van der Waals surface area contributed by atoms with Crippen molar-refractivity contribution in [2.45, 2.75) is 20.0 Å². The molecule has 0 spiro atoms. The lowest BCUT2D eigenvalue weighted by Crippen LogP contribution is -1.99. The van der Waals surface area contributed by atoms with E-state index >= 15 is 0 Å². The van der Waals surface area contributed by atoms with Gasteiger partial charge in [0, 0.05) is 0 Å². The van der Waals surface area contributed by atoms with Crippen LogP contribution in [0.1, 0.15) is 38.2 Å². The molecule has 0 aliphatic rings. The van der Waals surface area contributed by atoms with Crippen LogP contribution in [0.25, 0.3) is 12.2 Å². The van der Waals surface area contributed by atoms with Crippen molar-refractivity contribution in [1.82, 2.24) is 0 Å². The number of benzene rings is 2. The lowest BCUT2D eigenvalue weighted by Gasteiger charge is -2.06. The van der Waals surface area contributed by atoms with E-state index in [1.165, 1.54) is 0 Å². The van der Waals surface area contributed by atoms with E-state index < -0.39 is 10.9 Å². The Hall–Kier alpha value is -3.45. The second-order valence-corrected chi connectivity index (χ2v) is 7.27. The first-order valence-corrected chi connectivity index (χ1v) is 9.79. The van der Waals surface area contributed by atoms with Crippen LogP contribution < -0.4 is 4.74 Å². The standard InChI is InChI=1S/C22H19NO5S/c1-2-18-20(23(26)27)19(29-21(18)22(24)25)13-10-15-8-11-17(12-9-15)28-14-16-6-4-3-5-7-16/h3-13H,2,14H2,1H3,(H,24,25). The molecular weight excluding hydrogens is 390 g/mol. The number of hydrogen-bond acceptors (Lipinski definition) is 5. The third-order valence-corrected chi connectivity index (χ3v) is 5.47. The minimum absolute atomic E-state index is 0.0171. The van der Waals surface area contributed by atoms with Crippen LogP contribution in [0.4, 0.5) is 5.69 Å². The van der Waals surface area contributed by atoms with E-state index in [4.69, 9.17) is 4.74 Å². The monoisotopic (exact) mass is 409 g/mol. The minimum Gasteiger partial charge on any atom is -0.489 e. The van der Waals surface area contributed by atoms with Gasteiger partial charge in [-0.25, -0.2) is 4.79 Å². The molecule has 1 heterocycles. The van der Waals surface area contributed by atoms with Crippen molar-refractivity contribution < 1.29 is 19.6 Å². The van der Waals surface area contributed by atoms with Crippen LogP contribution in [0, 0.1) is 10.1 Å². The number of ether oxygens (including phenoxy) is 1. The van der Waals surface area contributed by atoms with E-state index in [-0.39, 0.29) is 22.5 Å². The molecule has 0 radical (unpaired) electrons. The van der Waals surface area contributed by atoms with E-state index in [2.05, 4.69) is 0 Å². The number of carboxylic acid groups (broad SMARTS) is 1. The largest absolute Gasteiger partial charge is 0.489 e. The third-order valence-electron chi connectivity index (χ3n) is 4.29. The Morgan fingerprint density at radius 1 is 1.14 bits per heavy atom. The van der Waals surface area contributed by atoms with Gasteiger partial charge >= 0.3 is 5.97 Å². The maximum absolute atomic E-state index is 11.5. The molecular formula is C22H19NO5S. The normalized spacial score (nSPS) is 10.9. The van der Waals surface area contributed by atoms with Crippen molar-refractivity contribution in [2.24, 2.45) is 0 Å². The molecule has 0 aliphatic heterocycles. The predicted octanol–water partition coefficient (Wildman–Crippen LogP) is 5.67. The summed E-state index contributed by atoms with van der Waals surface area (Å²) in [6.45, 7) is 2.18.